The van der Waals surface area contributed by atoms with Crippen molar-refractivity contribution in [2.75, 3.05) is 11.4 Å². The fraction of sp³-hybridized carbons (Fsp3) is 0.417. The molecule has 2 aromatic carbocycles. The lowest BCUT2D eigenvalue weighted by atomic mass is 9.91. The molecule has 0 aliphatic carbocycles. The number of benzene rings is 2. The van der Waals surface area contributed by atoms with E-state index in [-0.39, 0.29) is 23.5 Å². The van der Waals surface area contributed by atoms with Crippen molar-refractivity contribution in [1.82, 2.24) is 4.90 Å². The van der Waals surface area contributed by atoms with E-state index in [1.54, 1.807) is 15.9 Å². The molecule has 2 amide bonds. The Kier molecular flexibility index (Phi) is 5.39. The van der Waals surface area contributed by atoms with Gasteiger partial charge in [-0.3, -0.25) is 9.59 Å². The Bertz CT molecular complexity index is 942. The lowest BCUT2D eigenvalue weighted by molar-refractivity contribution is -0.143. The summed E-state index contributed by atoms with van der Waals surface area (Å²) in [5, 5.41) is 0. The number of carbonyl (C=O) groups excluding carboxylic acids is 2. The molecule has 2 atom stereocenters. The summed E-state index contributed by atoms with van der Waals surface area (Å²) in [6.07, 6.45) is 2.91. The molecule has 4 rings (SSSR count). The maximum Gasteiger partial charge on any atom is 0.250 e. The Morgan fingerprint density at radius 2 is 1.90 bits per heavy atom. The quantitative estimate of drug-likeness (QED) is 0.786. The van der Waals surface area contributed by atoms with Crippen LogP contribution in [0.15, 0.2) is 42.5 Å². The molecule has 29 heavy (non-hydrogen) atoms. The highest BCUT2D eigenvalue weighted by molar-refractivity contribution is 6.00. The van der Waals surface area contributed by atoms with E-state index in [2.05, 4.69) is 0 Å². The molecule has 0 aromatic heterocycles. The van der Waals surface area contributed by atoms with Crippen molar-refractivity contribution in [1.29, 1.82) is 0 Å². The summed E-state index contributed by atoms with van der Waals surface area (Å²) < 4.78 is 13.9. The zero-order valence-electron chi connectivity index (χ0n) is 17.0. The largest absolute Gasteiger partial charge is 0.326 e. The molecule has 4 nitrogen and oxygen atoms in total. The van der Waals surface area contributed by atoms with Gasteiger partial charge in [-0.05, 0) is 48.1 Å². The number of aryl methyl sites for hydroxylation is 1. The Labute approximate surface area is 171 Å². The fourth-order valence-electron chi connectivity index (χ4n) is 4.39. The summed E-state index contributed by atoms with van der Waals surface area (Å²) in [7, 11) is 0. The molecule has 0 fully saturated rings. The highest BCUT2D eigenvalue weighted by Gasteiger charge is 2.39. The van der Waals surface area contributed by atoms with E-state index in [1.807, 2.05) is 38.1 Å². The van der Waals surface area contributed by atoms with Gasteiger partial charge in [0, 0.05) is 31.1 Å². The second kappa shape index (κ2) is 7.97. The van der Waals surface area contributed by atoms with Crippen LogP contribution in [0.2, 0.25) is 0 Å². The van der Waals surface area contributed by atoms with E-state index in [9.17, 15) is 14.0 Å². The van der Waals surface area contributed by atoms with E-state index >= 15 is 0 Å². The third kappa shape index (κ3) is 3.66. The molecule has 0 spiro atoms. The molecule has 2 heterocycles. The number of anilines is 1. The van der Waals surface area contributed by atoms with E-state index in [0.717, 1.165) is 36.0 Å². The van der Waals surface area contributed by atoms with E-state index < -0.39 is 6.04 Å². The summed E-state index contributed by atoms with van der Waals surface area (Å²) in [6, 6.07) is 12.1. The Morgan fingerprint density at radius 1 is 1.14 bits per heavy atom. The molecule has 5 heteroatoms. The third-order valence-corrected chi connectivity index (χ3v) is 6.28. The highest BCUT2D eigenvalue weighted by Crippen LogP contribution is 2.32. The number of rotatable bonds is 3. The minimum absolute atomic E-state index is 0.0110. The molecule has 0 N–H and O–H groups in total. The predicted octanol–water partition coefficient (Wildman–Crippen LogP) is 4.10. The van der Waals surface area contributed by atoms with Gasteiger partial charge in [-0.15, -0.1) is 0 Å². The lowest BCUT2D eigenvalue weighted by Gasteiger charge is -2.41. The zero-order chi connectivity index (χ0) is 20.5. The van der Waals surface area contributed by atoms with Crippen LogP contribution < -0.4 is 4.90 Å². The lowest BCUT2D eigenvalue weighted by Crippen LogP contribution is -2.55. The molecular formula is C24H27FN2O2. The molecule has 0 bridgehead atoms. The van der Waals surface area contributed by atoms with Crippen molar-refractivity contribution in [3.63, 3.8) is 0 Å². The van der Waals surface area contributed by atoms with Crippen molar-refractivity contribution in [3.05, 3.63) is 65.0 Å². The first kappa shape index (κ1) is 19.6. The van der Waals surface area contributed by atoms with Crippen LogP contribution in [0.25, 0.3) is 0 Å². The first-order chi connectivity index (χ1) is 14.0. The van der Waals surface area contributed by atoms with Crippen LogP contribution in [0.4, 0.5) is 10.1 Å². The van der Waals surface area contributed by atoms with Gasteiger partial charge in [0.15, 0.2) is 0 Å². The standard InChI is InChI=1S/C24H27FN2O2/c1-3-16(2)23(28)27-15-19-8-5-4-7-18(19)13-22(27)24(29)26-12-6-9-17-10-11-20(25)14-21(17)26/h4-5,7-8,10-11,14,16,22H,3,6,9,12-13,15H2,1-2H3. The van der Waals surface area contributed by atoms with Crippen LogP contribution in [-0.2, 0) is 29.0 Å². The van der Waals surface area contributed by atoms with Crippen molar-refractivity contribution >= 4 is 17.5 Å². The smallest absolute Gasteiger partial charge is 0.250 e. The molecule has 0 radical (unpaired) electrons. The summed E-state index contributed by atoms with van der Waals surface area (Å²) in [5.74, 6) is -0.578. The Morgan fingerprint density at radius 3 is 2.66 bits per heavy atom. The van der Waals surface area contributed by atoms with E-state index in [4.69, 9.17) is 0 Å². The summed E-state index contributed by atoms with van der Waals surface area (Å²) in [6.45, 7) is 4.90. The van der Waals surface area contributed by atoms with Gasteiger partial charge in [0.1, 0.15) is 11.9 Å². The number of carbonyl (C=O) groups is 2. The average Bonchev–Trinajstić information content (AvgIpc) is 2.76. The molecule has 152 valence electrons. The number of amides is 2. The van der Waals surface area contributed by atoms with Gasteiger partial charge in [-0.2, -0.15) is 0 Å². The van der Waals surface area contributed by atoms with Crippen molar-refractivity contribution in [2.45, 2.75) is 52.1 Å². The van der Waals surface area contributed by atoms with Crippen molar-refractivity contribution in [2.24, 2.45) is 5.92 Å². The van der Waals surface area contributed by atoms with E-state index in [0.29, 0.717) is 25.2 Å². The second-order valence-corrected chi connectivity index (χ2v) is 8.13. The number of nitrogens with zero attached hydrogens (tertiary/aromatic N) is 2. The first-order valence-electron chi connectivity index (χ1n) is 10.5. The molecule has 0 saturated carbocycles. The van der Waals surface area contributed by atoms with Crippen molar-refractivity contribution < 1.29 is 14.0 Å². The number of hydrogen-bond donors (Lipinski definition) is 0. The summed E-state index contributed by atoms with van der Waals surface area (Å²) in [5.41, 5.74) is 3.84. The molecule has 2 unspecified atom stereocenters. The molecule has 2 aromatic rings. The van der Waals surface area contributed by atoms with Crippen LogP contribution in [-0.4, -0.2) is 29.3 Å². The molecule has 0 saturated heterocycles. The van der Waals surface area contributed by atoms with Crippen LogP contribution in [0, 0.1) is 11.7 Å². The average molecular weight is 394 g/mol. The van der Waals surface area contributed by atoms with Gasteiger partial charge >= 0.3 is 0 Å². The maximum atomic E-state index is 13.9. The van der Waals surface area contributed by atoms with Gasteiger partial charge in [-0.25, -0.2) is 4.39 Å². The van der Waals surface area contributed by atoms with Crippen LogP contribution in [0.3, 0.4) is 0 Å². The minimum Gasteiger partial charge on any atom is -0.326 e. The Hall–Kier alpha value is -2.69. The Balaban J connectivity index is 1.70. The predicted molar refractivity (Wildman–Crippen MR) is 111 cm³/mol. The second-order valence-electron chi connectivity index (χ2n) is 8.13. The molecule has 2 aliphatic heterocycles. The zero-order valence-corrected chi connectivity index (χ0v) is 17.0. The number of hydrogen-bond acceptors (Lipinski definition) is 2. The van der Waals surface area contributed by atoms with Gasteiger partial charge in [0.05, 0.1) is 0 Å². The van der Waals surface area contributed by atoms with Crippen LogP contribution >= 0.6 is 0 Å². The normalized spacial score (nSPS) is 19.3. The maximum absolute atomic E-state index is 13.9. The number of fused-ring (bicyclic) bond motifs is 2. The number of halogens is 1. The highest BCUT2D eigenvalue weighted by atomic mass is 19.1. The topological polar surface area (TPSA) is 40.6 Å². The molecular weight excluding hydrogens is 367 g/mol. The summed E-state index contributed by atoms with van der Waals surface area (Å²) >= 11 is 0. The van der Waals surface area contributed by atoms with Gasteiger partial charge in [-0.1, -0.05) is 44.2 Å². The SMILES string of the molecule is CCC(C)C(=O)N1Cc2ccccc2CC1C(=O)N1CCCc2ccc(F)cc21. The first-order valence-corrected chi connectivity index (χ1v) is 10.5. The third-order valence-electron chi connectivity index (χ3n) is 6.28. The van der Waals surface area contributed by atoms with Gasteiger partial charge in [0.2, 0.25) is 11.8 Å². The van der Waals surface area contributed by atoms with Gasteiger partial charge < -0.3 is 9.80 Å². The minimum atomic E-state index is -0.555. The van der Waals surface area contributed by atoms with Crippen LogP contribution in [0.5, 0.6) is 0 Å². The van der Waals surface area contributed by atoms with Crippen LogP contribution in [0.1, 0.15) is 43.4 Å². The van der Waals surface area contributed by atoms with Crippen molar-refractivity contribution in [3.8, 4) is 0 Å². The van der Waals surface area contributed by atoms with E-state index in [1.165, 1.54) is 12.1 Å². The molecule has 2 aliphatic rings. The fourth-order valence-corrected chi connectivity index (χ4v) is 4.39. The van der Waals surface area contributed by atoms with Gasteiger partial charge in [0.25, 0.3) is 0 Å². The summed E-state index contributed by atoms with van der Waals surface area (Å²) in [4.78, 5) is 30.2. The monoisotopic (exact) mass is 394 g/mol.